The fourth-order valence-electron chi connectivity index (χ4n) is 1.63. The molecule has 1 aromatic heterocycles. The zero-order valence-electron chi connectivity index (χ0n) is 8.97. The van der Waals surface area contributed by atoms with Crippen LogP contribution in [0.4, 0.5) is 4.39 Å². The predicted octanol–water partition coefficient (Wildman–Crippen LogP) is 0.585. The van der Waals surface area contributed by atoms with Gasteiger partial charge in [0.25, 0.3) is 5.91 Å². The lowest BCUT2D eigenvalue weighted by Gasteiger charge is -2.29. The molecular weight excluding hydrogens is 225 g/mol. The second-order valence-corrected chi connectivity index (χ2v) is 3.58. The summed E-state index contributed by atoms with van der Waals surface area (Å²) < 4.78 is 18.4. The Bertz CT molecular complexity index is 472. The van der Waals surface area contributed by atoms with Gasteiger partial charge in [0.15, 0.2) is 6.10 Å². The van der Waals surface area contributed by atoms with Crippen LogP contribution in [0.3, 0.4) is 0 Å². The minimum absolute atomic E-state index is 0.0777. The van der Waals surface area contributed by atoms with Gasteiger partial charge in [-0.1, -0.05) is 0 Å². The molecule has 1 saturated heterocycles. The maximum atomic E-state index is 13.3. The Balaban J connectivity index is 2.16. The van der Waals surface area contributed by atoms with E-state index in [0.717, 1.165) is 0 Å². The highest BCUT2D eigenvalue weighted by atomic mass is 19.1. The normalized spacial score (nSPS) is 19.8. The summed E-state index contributed by atoms with van der Waals surface area (Å²) in [7, 11) is 0. The summed E-state index contributed by atoms with van der Waals surface area (Å²) in [6, 6.07) is 4.80. The standard InChI is InChI=1S/C11H10FN3O2/c12-10-9(2-1-3-14-10)11(16)15-4-5-17-8(6-13)7-15/h1-3,8H,4-5,7H2. The average molecular weight is 235 g/mol. The van der Waals surface area contributed by atoms with E-state index in [2.05, 4.69) is 4.98 Å². The highest BCUT2D eigenvalue weighted by molar-refractivity contribution is 5.94. The number of hydrogen-bond donors (Lipinski definition) is 0. The maximum Gasteiger partial charge on any atom is 0.258 e. The molecule has 0 bridgehead atoms. The quantitative estimate of drug-likeness (QED) is 0.668. The topological polar surface area (TPSA) is 66.2 Å². The molecule has 1 aromatic rings. The lowest BCUT2D eigenvalue weighted by molar-refractivity contribution is 0.00321. The molecule has 1 fully saturated rings. The molecule has 6 heteroatoms. The fraction of sp³-hybridized carbons (Fsp3) is 0.364. The molecule has 2 heterocycles. The van der Waals surface area contributed by atoms with Gasteiger partial charge in [0, 0.05) is 12.7 Å². The third-order valence-corrected chi connectivity index (χ3v) is 2.49. The van der Waals surface area contributed by atoms with Crippen LogP contribution in [-0.2, 0) is 4.74 Å². The van der Waals surface area contributed by atoms with Crippen LogP contribution < -0.4 is 0 Å². The molecular formula is C11H10FN3O2. The Morgan fingerprint density at radius 3 is 3.24 bits per heavy atom. The van der Waals surface area contributed by atoms with Crippen molar-refractivity contribution in [3.8, 4) is 6.07 Å². The number of carbonyl (C=O) groups excluding carboxylic acids is 1. The molecule has 0 aliphatic carbocycles. The van der Waals surface area contributed by atoms with Crippen molar-refractivity contribution in [2.75, 3.05) is 19.7 Å². The number of carbonyl (C=O) groups is 1. The van der Waals surface area contributed by atoms with E-state index >= 15 is 0 Å². The van der Waals surface area contributed by atoms with E-state index in [0.29, 0.717) is 6.54 Å². The first-order chi connectivity index (χ1) is 8.22. The molecule has 1 aliphatic rings. The first-order valence-corrected chi connectivity index (χ1v) is 5.13. The smallest absolute Gasteiger partial charge is 0.258 e. The zero-order valence-corrected chi connectivity index (χ0v) is 8.97. The number of rotatable bonds is 1. The van der Waals surface area contributed by atoms with Gasteiger partial charge in [-0.05, 0) is 12.1 Å². The van der Waals surface area contributed by atoms with Crippen LogP contribution in [0.1, 0.15) is 10.4 Å². The molecule has 1 amide bonds. The van der Waals surface area contributed by atoms with E-state index < -0.39 is 18.0 Å². The van der Waals surface area contributed by atoms with Crippen molar-refractivity contribution >= 4 is 5.91 Å². The zero-order chi connectivity index (χ0) is 12.3. The Morgan fingerprint density at radius 1 is 1.71 bits per heavy atom. The summed E-state index contributed by atoms with van der Waals surface area (Å²) in [5.41, 5.74) is -0.0777. The number of hydrogen-bond acceptors (Lipinski definition) is 4. The maximum absolute atomic E-state index is 13.3. The minimum Gasteiger partial charge on any atom is -0.360 e. The van der Waals surface area contributed by atoms with Gasteiger partial charge >= 0.3 is 0 Å². The Labute approximate surface area is 97.4 Å². The van der Waals surface area contributed by atoms with Gasteiger partial charge < -0.3 is 9.64 Å². The summed E-state index contributed by atoms with van der Waals surface area (Å²) in [6.07, 6.45) is 0.635. The number of halogens is 1. The third-order valence-electron chi connectivity index (χ3n) is 2.49. The summed E-state index contributed by atoms with van der Waals surface area (Å²) in [4.78, 5) is 16.8. The van der Waals surface area contributed by atoms with Crippen LogP contribution in [-0.4, -0.2) is 41.6 Å². The monoisotopic (exact) mass is 235 g/mol. The molecule has 1 aliphatic heterocycles. The number of nitriles is 1. The van der Waals surface area contributed by atoms with E-state index in [-0.39, 0.29) is 18.7 Å². The number of amides is 1. The molecule has 0 spiro atoms. The molecule has 0 radical (unpaired) electrons. The largest absolute Gasteiger partial charge is 0.360 e. The molecule has 1 unspecified atom stereocenters. The Morgan fingerprint density at radius 2 is 2.53 bits per heavy atom. The van der Waals surface area contributed by atoms with Gasteiger partial charge in [-0.15, -0.1) is 0 Å². The number of ether oxygens (including phenoxy) is 1. The molecule has 0 N–H and O–H groups in total. The summed E-state index contributed by atoms with van der Waals surface area (Å²) >= 11 is 0. The molecule has 0 aromatic carbocycles. The first kappa shape index (κ1) is 11.5. The van der Waals surface area contributed by atoms with Crippen molar-refractivity contribution in [3.63, 3.8) is 0 Å². The molecule has 0 saturated carbocycles. The van der Waals surface area contributed by atoms with Gasteiger partial charge in [0.05, 0.1) is 24.8 Å². The van der Waals surface area contributed by atoms with Crippen molar-refractivity contribution in [3.05, 3.63) is 29.8 Å². The number of morpholine rings is 1. The van der Waals surface area contributed by atoms with Gasteiger partial charge in [-0.25, -0.2) is 4.98 Å². The van der Waals surface area contributed by atoms with Crippen LogP contribution in [0, 0.1) is 17.3 Å². The van der Waals surface area contributed by atoms with Crippen molar-refractivity contribution in [2.45, 2.75) is 6.10 Å². The first-order valence-electron chi connectivity index (χ1n) is 5.13. The molecule has 17 heavy (non-hydrogen) atoms. The highest BCUT2D eigenvalue weighted by Gasteiger charge is 2.26. The second-order valence-electron chi connectivity index (χ2n) is 3.58. The van der Waals surface area contributed by atoms with Gasteiger partial charge in [-0.2, -0.15) is 9.65 Å². The third kappa shape index (κ3) is 2.40. The van der Waals surface area contributed by atoms with E-state index in [1.54, 1.807) is 0 Å². The Kier molecular flexibility index (Phi) is 3.30. The van der Waals surface area contributed by atoms with Crippen LogP contribution in [0.25, 0.3) is 0 Å². The summed E-state index contributed by atoms with van der Waals surface area (Å²) in [6.45, 7) is 0.793. The number of aromatic nitrogens is 1. The average Bonchev–Trinajstić information content (AvgIpc) is 2.38. The van der Waals surface area contributed by atoms with Crippen molar-refractivity contribution < 1.29 is 13.9 Å². The molecule has 2 rings (SSSR count). The molecule has 1 atom stereocenters. The van der Waals surface area contributed by atoms with E-state index in [9.17, 15) is 9.18 Å². The second kappa shape index (κ2) is 4.89. The number of nitrogens with zero attached hydrogens (tertiary/aromatic N) is 3. The van der Waals surface area contributed by atoms with Gasteiger partial charge in [0.1, 0.15) is 0 Å². The van der Waals surface area contributed by atoms with E-state index in [1.165, 1.54) is 23.2 Å². The van der Waals surface area contributed by atoms with Gasteiger partial charge in [-0.3, -0.25) is 4.79 Å². The SMILES string of the molecule is N#CC1CN(C(=O)c2cccnc2F)CCO1. The van der Waals surface area contributed by atoms with E-state index in [1.807, 2.05) is 6.07 Å². The van der Waals surface area contributed by atoms with Crippen LogP contribution in [0.5, 0.6) is 0 Å². The fourth-order valence-corrected chi connectivity index (χ4v) is 1.63. The van der Waals surface area contributed by atoms with Crippen molar-refractivity contribution in [2.24, 2.45) is 0 Å². The number of pyridine rings is 1. The summed E-state index contributed by atoms with van der Waals surface area (Å²) in [5.74, 6) is -1.25. The van der Waals surface area contributed by atoms with Crippen LogP contribution >= 0.6 is 0 Å². The Hall–Kier alpha value is -2.00. The van der Waals surface area contributed by atoms with Gasteiger partial charge in [0.2, 0.25) is 5.95 Å². The summed E-state index contributed by atoms with van der Waals surface area (Å²) in [5, 5.41) is 8.72. The van der Waals surface area contributed by atoms with E-state index in [4.69, 9.17) is 10.00 Å². The minimum atomic E-state index is -0.794. The van der Waals surface area contributed by atoms with Crippen molar-refractivity contribution in [1.82, 2.24) is 9.88 Å². The lowest BCUT2D eigenvalue weighted by Crippen LogP contribution is -2.45. The predicted molar refractivity (Wildman–Crippen MR) is 55.5 cm³/mol. The highest BCUT2D eigenvalue weighted by Crippen LogP contribution is 2.11. The van der Waals surface area contributed by atoms with Crippen molar-refractivity contribution in [1.29, 1.82) is 5.26 Å². The molecule has 88 valence electrons. The molecule has 5 nitrogen and oxygen atoms in total. The van der Waals surface area contributed by atoms with Crippen LogP contribution in [0.2, 0.25) is 0 Å². The van der Waals surface area contributed by atoms with Crippen LogP contribution in [0.15, 0.2) is 18.3 Å². The lowest BCUT2D eigenvalue weighted by atomic mass is 10.2.